The molecule has 0 aromatic heterocycles. The lowest BCUT2D eigenvalue weighted by Gasteiger charge is -2.23. The van der Waals surface area contributed by atoms with Crippen LogP contribution < -0.4 is 19.1 Å². The number of hydrogen-bond donors (Lipinski definition) is 0. The number of rotatable bonds is 6. The van der Waals surface area contributed by atoms with Crippen molar-refractivity contribution in [3.05, 3.63) is 83.4 Å². The van der Waals surface area contributed by atoms with Crippen LogP contribution in [0.5, 0.6) is 17.2 Å². The maximum atomic E-state index is 14.0. The molecule has 1 atom stereocenters. The number of para-hydroxylation sites is 1. The van der Waals surface area contributed by atoms with Crippen molar-refractivity contribution in [2.75, 3.05) is 31.3 Å². The number of aryl methyl sites for hydroxylation is 1. The van der Waals surface area contributed by atoms with Crippen LogP contribution in [0.25, 0.3) is 0 Å². The topological polar surface area (TPSA) is 85.4 Å². The molecule has 0 N–H and O–H groups in total. The first kappa shape index (κ1) is 23.1. The molecule has 1 unspecified atom stereocenters. The second kappa shape index (κ2) is 8.96. The molecule has 1 saturated heterocycles. The Labute approximate surface area is 214 Å². The third kappa shape index (κ3) is 3.71. The fraction of sp³-hybridized carbons (Fsp3) is 0.276. The van der Waals surface area contributed by atoms with E-state index in [1.807, 2.05) is 67.6 Å². The van der Waals surface area contributed by atoms with Crippen LogP contribution in [0.1, 0.15) is 23.1 Å². The molecule has 1 fully saturated rings. The fourth-order valence-corrected chi connectivity index (χ4v) is 5.36. The third-order valence-electron chi connectivity index (χ3n) is 7.13. The van der Waals surface area contributed by atoms with Gasteiger partial charge in [-0.25, -0.2) is 0 Å². The van der Waals surface area contributed by atoms with Crippen LogP contribution in [-0.2, 0) is 26.3 Å². The molecule has 188 valence electrons. The lowest BCUT2D eigenvalue weighted by atomic mass is 9.79. The maximum absolute atomic E-state index is 14.0. The van der Waals surface area contributed by atoms with Gasteiger partial charge >= 0.3 is 0 Å². The molecule has 0 bridgehead atoms. The molecule has 3 aromatic rings. The lowest BCUT2D eigenvalue weighted by molar-refractivity contribution is -0.142. The second-order valence-electron chi connectivity index (χ2n) is 9.46. The van der Waals surface area contributed by atoms with Gasteiger partial charge in [-0.1, -0.05) is 54.1 Å². The Morgan fingerprint density at radius 1 is 0.892 bits per heavy atom. The van der Waals surface area contributed by atoms with Crippen LogP contribution in [0, 0.1) is 6.92 Å². The molecule has 37 heavy (non-hydrogen) atoms. The molecule has 1 spiro atoms. The fourth-order valence-electron chi connectivity index (χ4n) is 5.36. The molecule has 3 aliphatic rings. The Morgan fingerprint density at radius 2 is 1.68 bits per heavy atom. The number of nitrogens with zero attached hydrogens (tertiary/aromatic N) is 2. The quantitative estimate of drug-likeness (QED) is 0.383. The molecule has 8 heteroatoms. The number of carbonyl (C=O) groups is 3. The summed E-state index contributed by atoms with van der Waals surface area (Å²) >= 11 is 0. The van der Waals surface area contributed by atoms with Gasteiger partial charge in [0.25, 0.3) is 0 Å². The van der Waals surface area contributed by atoms with Crippen molar-refractivity contribution >= 4 is 23.4 Å². The summed E-state index contributed by atoms with van der Waals surface area (Å²) in [5, 5.41) is 0. The van der Waals surface area contributed by atoms with Crippen molar-refractivity contribution in [1.29, 1.82) is 0 Å². The van der Waals surface area contributed by atoms with Crippen LogP contribution in [0.2, 0.25) is 0 Å². The maximum Gasteiger partial charge on any atom is 0.250 e. The predicted octanol–water partition coefficient (Wildman–Crippen LogP) is 3.39. The van der Waals surface area contributed by atoms with Crippen molar-refractivity contribution in [2.24, 2.45) is 0 Å². The van der Waals surface area contributed by atoms with Gasteiger partial charge in [0.2, 0.25) is 23.5 Å². The first-order valence-corrected chi connectivity index (χ1v) is 12.3. The van der Waals surface area contributed by atoms with Gasteiger partial charge in [-0.05, 0) is 30.7 Å². The molecule has 0 saturated carbocycles. The van der Waals surface area contributed by atoms with Crippen molar-refractivity contribution in [1.82, 2.24) is 4.90 Å². The summed E-state index contributed by atoms with van der Waals surface area (Å²) < 4.78 is 17.3. The predicted molar refractivity (Wildman–Crippen MR) is 135 cm³/mol. The molecule has 3 aliphatic heterocycles. The zero-order chi connectivity index (χ0) is 25.6. The van der Waals surface area contributed by atoms with Crippen LogP contribution >= 0.6 is 0 Å². The van der Waals surface area contributed by atoms with Gasteiger partial charge in [-0.2, -0.15) is 0 Å². The number of ether oxygens (including phenoxy) is 3. The van der Waals surface area contributed by atoms with Crippen molar-refractivity contribution < 1.29 is 28.6 Å². The number of imide groups is 1. The minimum absolute atomic E-state index is 0.138. The molecule has 3 heterocycles. The van der Waals surface area contributed by atoms with E-state index in [1.165, 1.54) is 4.90 Å². The first-order chi connectivity index (χ1) is 18.0. The number of hydrogen-bond acceptors (Lipinski definition) is 6. The molecule has 0 radical (unpaired) electrons. The van der Waals surface area contributed by atoms with Crippen LogP contribution in [-0.4, -0.2) is 49.0 Å². The van der Waals surface area contributed by atoms with Gasteiger partial charge in [-0.15, -0.1) is 0 Å². The minimum Gasteiger partial charge on any atom is -0.488 e. The van der Waals surface area contributed by atoms with E-state index in [2.05, 4.69) is 0 Å². The highest BCUT2D eigenvalue weighted by Gasteiger charge is 2.63. The Morgan fingerprint density at radius 3 is 2.51 bits per heavy atom. The van der Waals surface area contributed by atoms with Crippen molar-refractivity contribution in [2.45, 2.75) is 25.3 Å². The van der Waals surface area contributed by atoms with Crippen molar-refractivity contribution in [3.8, 4) is 17.2 Å². The summed E-state index contributed by atoms with van der Waals surface area (Å²) in [5.41, 5.74) is 1.42. The zero-order valence-electron chi connectivity index (χ0n) is 20.4. The van der Waals surface area contributed by atoms with Crippen LogP contribution in [0.3, 0.4) is 0 Å². The summed E-state index contributed by atoms with van der Waals surface area (Å²) in [6.07, 6.45) is -0.178. The molecule has 3 aromatic carbocycles. The SMILES string of the molecule is Cc1ccc2c(c1)C1(CC(=O)N(Cc3ccccc3)C1=O)C(=O)N2CCOc1cccc2c1OCCO2. The lowest BCUT2D eigenvalue weighted by Crippen LogP contribution is -2.47. The van der Waals surface area contributed by atoms with Gasteiger partial charge in [0.15, 0.2) is 16.9 Å². The molecule has 3 amide bonds. The largest absolute Gasteiger partial charge is 0.488 e. The third-order valence-corrected chi connectivity index (χ3v) is 7.13. The van der Waals surface area contributed by atoms with E-state index in [0.29, 0.717) is 41.7 Å². The number of fused-ring (bicyclic) bond motifs is 3. The van der Waals surface area contributed by atoms with Crippen molar-refractivity contribution in [3.63, 3.8) is 0 Å². The Kier molecular flexibility index (Phi) is 5.59. The molecular weight excluding hydrogens is 472 g/mol. The normalized spacial score (nSPS) is 20.1. The Bertz CT molecular complexity index is 1400. The van der Waals surface area contributed by atoms with E-state index >= 15 is 0 Å². The summed E-state index contributed by atoms with van der Waals surface area (Å²) in [5.74, 6) is 0.491. The van der Waals surface area contributed by atoms with E-state index < -0.39 is 11.3 Å². The average molecular weight is 499 g/mol. The summed E-state index contributed by atoms with van der Waals surface area (Å²) in [6, 6.07) is 20.3. The number of anilines is 1. The number of benzene rings is 3. The molecule has 6 rings (SSSR count). The van der Waals surface area contributed by atoms with Crippen LogP contribution in [0.4, 0.5) is 5.69 Å². The number of likely N-dealkylation sites (tertiary alicyclic amines) is 1. The second-order valence-corrected chi connectivity index (χ2v) is 9.46. The first-order valence-electron chi connectivity index (χ1n) is 12.3. The van der Waals surface area contributed by atoms with Gasteiger partial charge in [-0.3, -0.25) is 19.3 Å². The standard InChI is InChI=1S/C29H26N2O6/c1-19-10-11-22-21(16-19)29(17-25(32)31(28(29)34)18-20-6-3-2-4-7-20)27(33)30(22)12-13-35-23-8-5-9-24-26(23)37-15-14-36-24/h2-11,16H,12-15,17-18H2,1H3. The summed E-state index contributed by atoms with van der Waals surface area (Å²) in [7, 11) is 0. The minimum atomic E-state index is -1.55. The zero-order valence-corrected chi connectivity index (χ0v) is 20.4. The summed E-state index contributed by atoms with van der Waals surface area (Å²) in [6.45, 7) is 3.34. The van der Waals surface area contributed by atoms with E-state index in [1.54, 1.807) is 11.0 Å². The van der Waals surface area contributed by atoms with E-state index in [-0.39, 0.29) is 37.9 Å². The highest BCUT2D eigenvalue weighted by atomic mass is 16.6. The van der Waals surface area contributed by atoms with E-state index in [9.17, 15) is 14.4 Å². The van der Waals surface area contributed by atoms with Gasteiger partial charge in [0.1, 0.15) is 19.8 Å². The highest BCUT2D eigenvalue weighted by molar-refractivity contribution is 6.28. The average Bonchev–Trinajstić information content (AvgIpc) is 3.30. The Balaban J connectivity index is 1.27. The molecule has 0 aliphatic carbocycles. The molecule has 8 nitrogen and oxygen atoms in total. The summed E-state index contributed by atoms with van der Waals surface area (Å²) in [4.78, 5) is 43.7. The van der Waals surface area contributed by atoms with Gasteiger partial charge in [0, 0.05) is 11.3 Å². The molecular formula is C29H26N2O6. The van der Waals surface area contributed by atoms with E-state index in [0.717, 1.165) is 11.1 Å². The van der Waals surface area contributed by atoms with Crippen LogP contribution in [0.15, 0.2) is 66.7 Å². The van der Waals surface area contributed by atoms with Gasteiger partial charge in [0.05, 0.1) is 19.5 Å². The van der Waals surface area contributed by atoms with Gasteiger partial charge < -0.3 is 19.1 Å². The number of amides is 3. The Hall–Kier alpha value is -4.33. The number of carbonyl (C=O) groups excluding carboxylic acids is 3. The monoisotopic (exact) mass is 498 g/mol. The van der Waals surface area contributed by atoms with E-state index in [4.69, 9.17) is 14.2 Å². The highest BCUT2D eigenvalue weighted by Crippen LogP contribution is 2.49. The smallest absolute Gasteiger partial charge is 0.250 e.